The van der Waals surface area contributed by atoms with Crippen molar-refractivity contribution in [3.63, 3.8) is 0 Å². The quantitative estimate of drug-likeness (QED) is 0.663. The third kappa shape index (κ3) is 4.10. The van der Waals surface area contributed by atoms with Gasteiger partial charge in [0.2, 0.25) is 0 Å². The average molecular weight is 179 g/mol. The van der Waals surface area contributed by atoms with Crippen LogP contribution in [0.4, 0.5) is 0 Å². The molecule has 0 spiro atoms. The molecule has 1 heterocycles. The zero-order valence-electron chi connectivity index (χ0n) is 8.01. The van der Waals surface area contributed by atoms with Gasteiger partial charge in [0.25, 0.3) is 0 Å². The first kappa shape index (κ1) is 10.3. The molecule has 2 heteroatoms. The Bertz CT molecular complexity index is 199. The van der Waals surface area contributed by atoms with E-state index in [4.69, 9.17) is 6.42 Å². The van der Waals surface area contributed by atoms with Crippen molar-refractivity contribution in [2.45, 2.75) is 44.6 Å². The van der Waals surface area contributed by atoms with Crippen LogP contribution in [-0.4, -0.2) is 18.4 Å². The van der Waals surface area contributed by atoms with Crippen LogP contribution in [0.15, 0.2) is 0 Å². The predicted molar refractivity (Wildman–Crippen MR) is 53.3 cm³/mol. The number of terminal acetylenes is 1. The van der Waals surface area contributed by atoms with E-state index < -0.39 is 0 Å². The molecule has 72 valence electrons. The fraction of sp³-hybridized carbons (Fsp3) is 0.727. The van der Waals surface area contributed by atoms with Gasteiger partial charge in [-0.2, -0.15) is 0 Å². The van der Waals surface area contributed by atoms with Crippen LogP contribution >= 0.6 is 0 Å². The maximum Gasteiger partial charge on any atom is 0.144 e. The molecular formula is C11H17NO. The molecule has 1 rings (SSSR count). The highest BCUT2D eigenvalue weighted by Crippen LogP contribution is 2.12. The third-order valence-corrected chi connectivity index (χ3v) is 2.48. The first-order chi connectivity index (χ1) is 6.33. The number of hydrogen-bond acceptors (Lipinski definition) is 2. The Morgan fingerprint density at radius 1 is 1.54 bits per heavy atom. The Labute approximate surface area is 80.1 Å². The highest BCUT2D eigenvalue weighted by molar-refractivity contribution is 5.80. The van der Waals surface area contributed by atoms with Crippen LogP contribution in [0.2, 0.25) is 0 Å². The molecule has 0 aromatic carbocycles. The van der Waals surface area contributed by atoms with Gasteiger partial charge in [-0.05, 0) is 25.8 Å². The van der Waals surface area contributed by atoms with Crippen LogP contribution in [0.5, 0.6) is 0 Å². The molecule has 1 unspecified atom stereocenters. The average Bonchev–Trinajstić information content (AvgIpc) is 2.17. The van der Waals surface area contributed by atoms with E-state index in [2.05, 4.69) is 11.2 Å². The number of carbonyl (C=O) groups excluding carboxylic acids is 1. The lowest BCUT2D eigenvalue weighted by atomic mass is 9.99. The van der Waals surface area contributed by atoms with E-state index in [0.29, 0.717) is 18.9 Å². The Balaban J connectivity index is 2.10. The Hall–Kier alpha value is -0.810. The largest absolute Gasteiger partial charge is 0.314 e. The van der Waals surface area contributed by atoms with Gasteiger partial charge in [0, 0.05) is 12.5 Å². The minimum Gasteiger partial charge on any atom is -0.314 e. The molecule has 1 aliphatic heterocycles. The van der Waals surface area contributed by atoms with E-state index >= 15 is 0 Å². The summed E-state index contributed by atoms with van der Waals surface area (Å²) < 4.78 is 0. The van der Waals surface area contributed by atoms with Crippen LogP contribution in [0.3, 0.4) is 0 Å². The molecule has 1 N–H and O–H groups in total. The monoisotopic (exact) mass is 179 g/mol. The van der Waals surface area contributed by atoms with Gasteiger partial charge in [-0.15, -0.1) is 6.42 Å². The van der Waals surface area contributed by atoms with E-state index in [1.165, 1.54) is 19.3 Å². The summed E-state index contributed by atoms with van der Waals surface area (Å²) in [5, 5.41) is 3.41. The van der Waals surface area contributed by atoms with Crippen LogP contribution in [-0.2, 0) is 4.79 Å². The summed E-state index contributed by atoms with van der Waals surface area (Å²) in [6.45, 7) is 1.11. The highest BCUT2D eigenvalue weighted by Gasteiger charge is 2.13. The van der Waals surface area contributed by atoms with Crippen molar-refractivity contribution in [1.82, 2.24) is 5.32 Å². The van der Waals surface area contributed by atoms with Gasteiger partial charge in [-0.1, -0.05) is 12.3 Å². The summed E-state index contributed by atoms with van der Waals surface area (Å²) in [5.74, 6) is 2.59. The first-order valence-electron chi connectivity index (χ1n) is 5.01. The molecule has 1 aliphatic rings. The smallest absolute Gasteiger partial charge is 0.144 e. The minimum atomic E-state index is 0.204. The Kier molecular flexibility index (Phi) is 4.56. The van der Waals surface area contributed by atoms with E-state index in [0.717, 1.165) is 13.0 Å². The summed E-state index contributed by atoms with van der Waals surface area (Å²) >= 11 is 0. The van der Waals surface area contributed by atoms with Gasteiger partial charge in [0.1, 0.15) is 5.78 Å². The molecule has 1 saturated heterocycles. The number of ketones is 1. The zero-order chi connectivity index (χ0) is 9.52. The van der Waals surface area contributed by atoms with Gasteiger partial charge in [-0.3, -0.25) is 4.79 Å². The topological polar surface area (TPSA) is 29.1 Å². The van der Waals surface area contributed by atoms with Crippen LogP contribution in [0.25, 0.3) is 0 Å². The second-order valence-corrected chi connectivity index (χ2v) is 3.61. The lowest BCUT2D eigenvalue weighted by Crippen LogP contribution is -2.34. The lowest BCUT2D eigenvalue weighted by molar-refractivity contribution is -0.118. The molecule has 0 amide bonds. The molecule has 0 aliphatic carbocycles. The van der Waals surface area contributed by atoms with Crippen LogP contribution < -0.4 is 5.32 Å². The molecule has 0 radical (unpaired) electrons. The van der Waals surface area contributed by atoms with E-state index in [-0.39, 0.29) is 5.78 Å². The number of nitrogens with one attached hydrogen (secondary N) is 1. The number of rotatable bonds is 4. The molecule has 13 heavy (non-hydrogen) atoms. The Morgan fingerprint density at radius 2 is 2.38 bits per heavy atom. The fourth-order valence-corrected chi connectivity index (χ4v) is 1.71. The molecular weight excluding hydrogens is 162 g/mol. The first-order valence-corrected chi connectivity index (χ1v) is 5.01. The molecule has 1 atom stereocenters. The van der Waals surface area contributed by atoms with Crippen molar-refractivity contribution in [2.75, 3.05) is 6.54 Å². The summed E-state index contributed by atoms with van der Waals surface area (Å²) in [7, 11) is 0. The second-order valence-electron chi connectivity index (χ2n) is 3.61. The van der Waals surface area contributed by atoms with Crippen LogP contribution in [0, 0.1) is 12.3 Å². The van der Waals surface area contributed by atoms with Crippen molar-refractivity contribution >= 4 is 5.78 Å². The molecule has 2 nitrogen and oxygen atoms in total. The lowest BCUT2D eigenvalue weighted by Gasteiger charge is -2.22. The Morgan fingerprint density at radius 3 is 3.00 bits per heavy atom. The molecule has 0 aromatic heterocycles. The highest BCUT2D eigenvalue weighted by atomic mass is 16.1. The molecule has 1 fully saturated rings. The van der Waals surface area contributed by atoms with Gasteiger partial charge >= 0.3 is 0 Å². The van der Waals surface area contributed by atoms with Crippen molar-refractivity contribution < 1.29 is 4.79 Å². The van der Waals surface area contributed by atoms with Crippen LogP contribution in [0.1, 0.15) is 38.5 Å². The van der Waals surface area contributed by atoms with Gasteiger partial charge < -0.3 is 5.32 Å². The number of piperidine rings is 1. The fourth-order valence-electron chi connectivity index (χ4n) is 1.71. The second kappa shape index (κ2) is 5.77. The standard InChI is InChI=1S/C11H17NO/c1-2-5-11(13)8-7-10-6-3-4-9-12-10/h1,10,12H,3-9H2. The summed E-state index contributed by atoms with van der Waals surface area (Å²) in [6, 6.07) is 0.551. The third-order valence-electron chi connectivity index (χ3n) is 2.48. The zero-order valence-corrected chi connectivity index (χ0v) is 8.01. The molecule has 0 saturated carbocycles. The van der Waals surface area contributed by atoms with E-state index in [9.17, 15) is 4.79 Å². The maximum absolute atomic E-state index is 11.1. The number of hydrogen-bond donors (Lipinski definition) is 1. The summed E-state index contributed by atoms with van der Waals surface area (Å²) in [5.41, 5.74) is 0. The molecule has 0 bridgehead atoms. The van der Waals surface area contributed by atoms with Gasteiger partial charge in [0.05, 0.1) is 6.42 Å². The van der Waals surface area contributed by atoms with E-state index in [1.54, 1.807) is 0 Å². The van der Waals surface area contributed by atoms with Crippen molar-refractivity contribution in [3.05, 3.63) is 0 Å². The number of Topliss-reactive ketones (excluding diaryl/α,β-unsaturated/α-hetero) is 1. The maximum atomic E-state index is 11.1. The minimum absolute atomic E-state index is 0.204. The molecule has 0 aromatic rings. The normalized spacial score (nSPS) is 22.2. The van der Waals surface area contributed by atoms with E-state index in [1.807, 2.05) is 0 Å². The van der Waals surface area contributed by atoms with Crippen molar-refractivity contribution in [2.24, 2.45) is 0 Å². The van der Waals surface area contributed by atoms with Gasteiger partial charge in [0.15, 0.2) is 0 Å². The summed E-state index contributed by atoms with van der Waals surface area (Å²) in [4.78, 5) is 11.1. The predicted octanol–water partition coefficient (Wildman–Crippen LogP) is 1.50. The van der Waals surface area contributed by atoms with Gasteiger partial charge in [-0.25, -0.2) is 0 Å². The van der Waals surface area contributed by atoms with Crippen molar-refractivity contribution in [3.8, 4) is 12.3 Å². The SMILES string of the molecule is C#CCC(=O)CCC1CCCCN1. The number of carbonyl (C=O) groups is 1. The van der Waals surface area contributed by atoms with Crippen molar-refractivity contribution in [1.29, 1.82) is 0 Å². The summed E-state index contributed by atoms with van der Waals surface area (Å²) in [6.07, 6.45) is 10.7.